The fourth-order valence-electron chi connectivity index (χ4n) is 1.78. The van der Waals surface area contributed by atoms with Crippen LogP contribution in [0.15, 0.2) is 24.4 Å². The molecule has 1 aromatic heterocycles. The molecule has 1 amide bonds. The van der Waals surface area contributed by atoms with E-state index in [4.69, 9.17) is 10.4 Å². The second-order valence-corrected chi connectivity index (χ2v) is 3.71. The topological polar surface area (TPSA) is 95.1 Å². The van der Waals surface area contributed by atoms with Gasteiger partial charge < -0.3 is 5.11 Å². The average Bonchev–Trinajstić information content (AvgIpc) is 2.66. The van der Waals surface area contributed by atoms with E-state index in [1.165, 1.54) is 23.8 Å². The Morgan fingerprint density at radius 3 is 2.72 bits per heavy atom. The Kier molecular flexibility index (Phi) is 2.73. The SMILES string of the molecule is CC(=O)n1cc(C#N)c2ccc(NC(=O)O)cc21. The van der Waals surface area contributed by atoms with Crippen molar-refractivity contribution < 1.29 is 14.7 Å². The van der Waals surface area contributed by atoms with E-state index >= 15 is 0 Å². The molecule has 6 heteroatoms. The Morgan fingerprint density at radius 1 is 1.44 bits per heavy atom. The maximum absolute atomic E-state index is 11.4. The summed E-state index contributed by atoms with van der Waals surface area (Å²) in [6, 6.07) is 6.67. The molecule has 90 valence electrons. The third-order valence-corrected chi connectivity index (χ3v) is 2.52. The number of fused-ring (bicyclic) bond motifs is 1. The number of hydrogen-bond donors (Lipinski definition) is 2. The van der Waals surface area contributed by atoms with Gasteiger partial charge in [-0.05, 0) is 18.2 Å². The monoisotopic (exact) mass is 243 g/mol. The predicted octanol–water partition coefficient (Wildman–Crippen LogP) is 2.26. The molecule has 0 saturated carbocycles. The van der Waals surface area contributed by atoms with E-state index < -0.39 is 6.09 Å². The highest BCUT2D eigenvalue weighted by Gasteiger charge is 2.11. The van der Waals surface area contributed by atoms with Gasteiger partial charge in [0.25, 0.3) is 0 Å². The Bertz CT molecular complexity index is 694. The van der Waals surface area contributed by atoms with Gasteiger partial charge in [0.1, 0.15) is 6.07 Å². The van der Waals surface area contributed by atoms with Crippen LogP contribution >= 0.6 is 0 Å². The molecule has 0 unspecified atom stereocenters. The van der Waals surface area contributed by atoms with Crippen LogP contribution in [0.25, 0.3) is 10.9 Å². The van der Waals surface area contributed by atoms with E-state index in [-0.39, 0.29) is 5.91 Å². The molecule has 2 N–H and O–H groups in total. The summed E-state index contributed by atoms with van der Waals surface area (Å²) in [4.78, 5) is 22.0. The van der Waals surface area contributed by atoms with Gasteiger partial charge in [-0.3, -0.25) is 14.7 Å². The van der Waals surface area contributed by atoms with Crippen molar-refractivity contribution in [3.05, 3.63) is 30.0 Å². The fourth-order valence-corrected chi connectivity index (χ4v) is 1.78. The summed E-state index contributed by atoms with van der Waals surface area (Å²) >= 11 is 0. The van der Waals surface area contributed by atoms with Crippen LogP contribution in [-0.4, -0.2) is 21.7 Å². The van der Waals surface area contributed by atoms with E-state index in [1.807, 2.05) is 6.07 Å². The quantitative estimate of drug-likeness (QED) is 0.803. The van der Waals surface area contributed by atoms with Crippen LogP contribution in [0.1, 0.15) is 17.3 Å². The van der Waals surface area contributed by atoms with Gasteiger partial charge in [0.15, 0.2) is 0 Å². The molecule has 0 fully saturated rings. The summed E-state index contributed by atoms with van der Waals surface area (Å²) in [6.07, 6.45) is 0.258. The van der Waals surface area contributed by atoms with Crippen LogP contribution in [0.3, 0.4) is 0 Å². The first-order valence-electron chi connectivity index (χ1n) is 5.09. The van der Waals surface area contributed by atoms with Crippen LogP contribution in [0, 0.1) is 11.3 Å². The number of rotatable bonds is 1. The van der Waals surface area contributed by atoms with Crippen LogP contribution in [0.2, 0.25) is 0 Å². The molecule has 0 spiro atoms. The van der Waals surface area contributed by atoms with E-state index in [0.717, 1.165) is 0 Å². The predicted molar refractivity (Wildman–Crippen MR) is 64.6 cm³/mol. The third-order valence-electron chi connectivity index (χ3n) is 2.52. The lowest BCUT2D eigenvalue weighted by atomic mass is 10.2. The average molecular weight is 243 g/mol. The molecule has 0 bridgehead atoms. The molecule has 0 aliphatic heterocycles. The van der Waals surface area contributed by atoms with Gasteiger partial charge in [0.05, 0.1) is 11.1 Å². The molecular weight excluding hydrogens is 234 g/mol. The highest BCUT2D eigenvalue weighted by atomic mass is 16.4. The zero-order valence-corrected chi connectivity index (χ0v) is 9.47. The molecule has 2 aromatic rings. The lowest BCUT2D eigenvalue weighted by Crippen LogP contribution is -2.08. The highest BCUT2D eigenvalue weighted by Crippen LogP contribution is 2.24. The van der Waals surface area contributed by atoms with E-state index in [1.54, 1.807) is 12.1 Å². The molecule has 0 saturated heterocycles. The number of nitrogens with zero attached hydrogens (tertiary/aromatic N) is 2. The van der Waals surface area contributed by atoms with E-state index in [9.17, 15) is 9.59 Å². The second-order valence-electron chi connectivity index (χ2n) is 3.71. The minimum absolute atomic E-state index is 0.242. The number of carbonyl (C=O) groups excluding carboxylic acids is 1. The number of aromatic nitrogens is 1. The molecule has 0 radical (unpaired) electrons. The molecule has 0 atom stereocenters. The lowest BCUT2D eigenvalue weighted by Gasteiger charge is -2.03. The summed E-state index contributed by atoms with van der Waals surface area (Å²) in [7, 11) is 0. The Balaban J connectivity index is 2.67. The molecule has 0 aliphatic carbocycles. The smallest absolute Gasteiger partial charge is 0.409 e. The maximum atomic E-state index is 11.4. The lowest BCUT2D eigenvalue weighted by molar-refractivity contribution is 0.0941. The molecule has 1 aromatic carbocycles. The minimum Gasteiger partial charge on any atom is -0.465 e. The van der Waals surface area contributed by atoms with Crippen LogP contribution in [-0.2, 0) is 0 Å². The van der Waals surface area contributed by atoms with Crippen molar-refractivity contribution in [3.63, 3.8) is 0 Å². The largest absolute Gasteiger partial charge is 0.465 e. The van der Waals surface area contributed by atoms with Crippen molar-refractivity contribution in [2.24, 2.45) is 0 Å². The number of nitriles is 1. The summed E-state index contributed by atoms with van der Waals surface area (Å²) in [5.41, 5.74) is 1.23. The van der Waals surface area contributed by atoms with Gasteiger partial charge in [0, 0.05) is 24.2 Å². The summed E-state index contributed by atoms with van der Waals surface area (Å²) in [5, 5.41) is 20.4. The molecular formula is C12H9N3O3. The molecule has 0 aliphatic rings. The maximum Gasteiger partial charge on any atom is 0.409 e. The Hall–Kier alpha value is -2.81. The first kappa shape index (κ1) is 11.7. The third kappa shape index (κ3) is 1.89. The van der Waals surface area contributed by atoms with Gasteiger partial charge >= 0.3 is 6.09 Å². The number of carboxylic acid groups (broad SMARTS) is 1. The van der Waals surface area contributed by atoms with Gasteiger partial charge in [0.2, 0.25) is 5.91 Å². The Morgan fingerprint density at radius 2 is 2.17 bits per heavy atom. The standard InChI is InChI=1S/C12H9N3O3/c1-7(16)15-6-8(5-13)10-3-2-9(4-11(10)15)14-12(17)18/h2-4,6,14H,1H3,(H,17,18). The van der Waals surface area contributed by atoms with Crippen molar-refractivity contribution in [1.82, 2.24) is 4.57 Å². The number of carbonyl (C=O) groups is 2. The summed E-state index contributed by atoms with van der Waals surface area (Å²) < 4.78 is 1.32. The minimum atomic E-state index is -1.18. The summed E-state index contributed by atoms with van der Waals surface area (Å²) in [6.45, 7) is 1.37. The van der Waals surface area contributed by atoms with E-state index in [2.05, 4.69) is 5.32 Å². The second kappa shape index (κ2) is 4.22. The van der Waals surface area contributed by atoms with Crippen molar-refractivity contribution in [1.29, 1.82) is 5.26 Å². The van der Waals surface area contributed by atoms with Crippen LogP contribution in [0.5, 0.6) is 0 Å². The normalized spacial score (nSPS) is 10.0. The highest BCUT2D eigenvalue weighted by molar-refractivity contribution is 5.97. The van der Waals surface area contributed by atoms with Crippen LogP contribution < -0.4 is 5.32 Å². The van der Waals surface area contributed by atoms with Crippen LogP contribution in [0.4, 0.5) is 10.5 Å². The first-order chi connectivity index (χ1) is 8.52. The first-order valence-corrected chi connectivity index (χ1v) is 5.09. The number of hydrogen-bond acceptors (Lipinski definition) is 3. The van der Waals surface area contributed by atoms with Crippen molar-refractivity contribution in [3.8, 4) is 6.07 Å². The Labute approximate surface area is 102 Å². The molecule has 1 heterocycles. The van der Waals surface area contributed by atoms with Crippen molar-refractivity contribution in [2.45, 2.75) is 6.92 Å². The molecule has 18 heavy (non-hydrogen) atoms. The zero-order chi connectivity index (χ0) is 13.3. The fraction of sp³-hybridized carbons (Fsp3) is 0.0833. The number of benzene rings is 1. The van der Waals surface area contributed by atoms with Crippen molar-refractivity contribution >= 4 is 28.6 Å². The molecule has 2 rings (SSSR count). The summed E-state index contributed by atoms with van der Waals surface area (Å²) in [5.74, 6) is -0.242. The zero-order valence-electron chi connectivity index (χ0n) is 9.47. The number of nitrogens with one attached hydrogen (secondary N) is 1. The molecule has 6 nitrogen and oxygen atoms in total. The van der Waals surface area contributed by atoms with Gasteiger partial charge in [-0.1, -0.05) is 0 Å². The van der Waals surface area contributed by atoms with Gasteiger partial charge in [-0.2, -0.15) is 5.26 Å². The van der Waals surface area contributed by atoms with Crippen molar-refractivity contribution in [2.75, 3.05) is 5.32 Å². The van der Waals surface area contributed by atoms with E-state index in [0.29, 0.717) is 22.2 Å². The van der Waals surface area contributed by atoms with Gasteiger partial charge in [-0.25, -0.2) is 4.79 Å². The number of amides is 1. The van der Waals surface area contributed by atoms with Gasteiger partial charge in [-0.15, -0.1) is 0 Å². The number of anilines is 1.